The van der Waals surface area contributed by atoms with Crippen LogP contribution in [0.4, 0.5) is 0 Å². The van der Waals surface area contributed by atoms with Gasteiger partial charge in [-0.3, -0.25) is 0 Å². The molecule has 0 saturated heterocycles. The van der Waals surface area contributed by atoms with E-state index in [2.05, 4.69) is 29.6 Å². The Hall–Kier alpha value is -1.15. The molecule has 0 unspecified atom stereocenters. The Morgan fingerprint density at radius 3 is 2.81 bits per heavy atom. The number of nitrogens with one attached hydrogen (secondary N) is 1. The summed E-state index contributed by atoms with van der Waals surface area (Å²) in [6.07, 6.45) is 4.63. The maximum absolute atomic E-state index is 10.8. The summed E-state index contributed by atoms with van der Waals surface area (Å²) in [6, 6.07) is 10.4. The van der Waals surface area contributed by atoms with Crippen LogP contribution in [-0.2, 0) is 11.3 Å². The second-order valence-electron chi connectivity index (χ2n) is 4.61. The summed E-state index contributed by atoms with van der Waals surface area (Å²) < 4.78 is 0. The molecular formula is C14H19NO. The van der Waals surface area contributed by atoms with Gasteiger partial charge in [0.2, 0.25) is 0 Å². The van der Waals surface area contributed by atoms with Gasteiger partial charge in [-0.25, -0.2) is 0 Å². The van der Waals surface area contributed by atoms with Crippen molar-refractivity contribution in [3.05, 3.63) is 35.9 Å². The molecule has 2 atom stereocenters. The van der Waals surface area contributed by atoms with Gasteiger partial charge in [0.1, 0.15) is 6.29 Å². The van der Waals surface area contributed by atoms with Crippen LogP contribution < -0.4 is 5.32 Å². The Balaban J connectivity index is 1.74. The van der Waals surface area contributed by atoms with E-state index in [4.69, 9.17) is 0 Å². The zero-order valence-corrected chi connectivity index (χ0v) is 9.56. The molecule has 1 aromatic rings. The Kier molecular flexibility index (Phi) is 4.11. The standard InChI is InChI=1S/C14H19NO/c16-11-14-8-4-7-13(14)10-15-9-12-5-2-1-3-6-12/h1-3,5-6,11,13-15H,4,7-10H2/t13-,14-/m0/s1. The number of carbonyl (C=O) groups excluding carboxylic acids is 1. The van der Waals surface area contributed by atoms with Crippen LogP contribution in [0.15, 0.2) is 30.3 Å². The first-order valence-electron chi connectivity index (χ1n) is 6.10. The normalized spacial score (nSPS) is 24.5. The van der Waals surface area contributed by atoms with Gasteiger partial charge in [0, 0.05) is 12.5 Å². The minimum absolute atomic E-state index is 0.295. The van der Waals surface area contributed by atoms with Crippen molar-refractivity contribution in [3.63, 3.8) is 0 Å². The molecule has 0 radical (unpaired) electrons. The topological polar surface area (TPSA) is 29.1 Å². The lowest BCUT2D eigenvalue weighted by Crippen LogP contribution is -2.25. The van der Waals surface area contributed by atoms with Crippen molar-refractivity contribution >= 4 is 6.29 Å². The summed E-state index contributed by atoms with van der Waals surface area (Å²) in [7, 11) is 0. The first kappa shape index (κ1) is 11.3. The van der Waals surface area contributed by atoms with Gasteiger partial charge in [-0.05, 0) is 30.9 Å². The summed E-state index contributed by atoms with van der Waals surface area (Å²) >= 11 is 0. The highest BCUT2D eigenvalue weighted by molar-refractivity contribution is 5.54. The van der Waals surface area contributed by atoms with Crippen molar-refractivity contribution in [2.45, 2.75) is 25.8 Å². The summed E-state index contributed by atoms with van der Waals surface area (Å²) in [5.74, 6) is 0.851. The Morgan fingerprint density at radius 2 is 2.06 bits per heavy atom. The third-order valence-electron chi connectivity index (χ3n) is 3.47. The van der Waals surface area contributed by atoms with Gasteiger partial charge in [-0.15, -0.1) is 0 Å². The van der Waals surface area contributed by atoms with E-state index >= 15 is 0 Å². The van der Waals surface area contributed by atoms with Crippen molar-refractivity contribution in [3.8, 4) is 0 Å². The molecule has 2 nitrogen and oxygen atoms in total. The summed E-state index contributed by atoms with van der Waals surface area (Å²) in [5, 5.41) is 3.45. The van der Waals surface area contributed by atoms with Crippen molar-refractivity contribution in [2.24, 2.45) is 11.8 Å². The third-order valence-corrected chi connectivity index (χ3v) is 3.47. The smallest absolute Gasteiger partial charge is 0.123 e. The number of hydrogen-bond donors (Lipinski definition) is 1. The van der Waals surface area contributed by atoms with E-state index in [-0.39, 0.29) is 0 Å². The largest absolute Gasteiger partial charge is 0.312 e. The lowest BCUT2D eigenvalue weighted by atomic mass is 9.97. The van der Waals surface area contributed by atoms with E-state index in [0.717, 1.165) is 25.8 Å². The molecule has 0 aromatic heterocycles. The predicted molar refractivity (Wildman–Crippen MR) is 65.0 cm³/mol. The molecule has 0 amide bonds. The fourth-order valence-corrected chi connectivity index (χ4v) is 2.50. The van der Waals surface area contributed by atoms with Gasteiger partial charge < -0.3 is 10.1 Å². The van der Waals surface area contributed by atoms with E-state index in [0.29, 0.717) is 11.8 Å². The average Bonchev–Trinajstić information content (AvgIpc) is 2.78. The van der Waals surface area contributed by atoms with Crippen LogP contribution in [0.5, 0.6) is 0 Å². The molecule has 2 heteroatoms. The molecule has 0 aliphatic heterocycles. The molecule has 1 fully saturated rings. The van der Waals surface area contributed by atoms with Crippen LogP contribution in [0.3, 0.4) is 0 Å². The maximum atomic E-state index is 10.8. The fourth-order valence-electron chi connectivity index (χ4n) is 2.50. The molecule has 86 valence electrons. The molecule has 0 heterocycles. The van der Waals surface area contributed by atoms with Gasteiger partial charge in [0.05, 0.1) is 0 Å². The van der Waals surface area contributed by atoms with Crippen LogP contribution in [-0.4, -0.2) is 12.8 Å². The van der Waals surface area contributed by atoms with E-state index in [1.807, 2.05) is 6.07 Å². The average molecular weight is 217 g/mol. The molecule has 0 bridgehead atoms. The molecule has 1 N–H and O–H groups in total. The minimum atomic E-state index is 0.295. The van der Waals surface area contributed by atoms with Gasteiger partial charge in [-0.2, -0.15) is 0 Å². The number of carbonyl (C=O) groups is 1. The lowest BCUT2D eigenvalue weighted by Gasteiger charge is -2.14. The molecule has 1 aliphatic rings. The van der Waals surface area contributed by atoms with E-state index < -0.39 is 0 Å². The third kappa shape index (κ3) is 2.92. The van der Waals surface area contributed by atoms with E-state index in [9.17, 15) is 4.79 Å². The molecule has 2 rings (SSSR count). The van der Waals surface area contributed by atoms with E-state index in [1.54, 1.807) is 0 Å². The van der Waals surface area contributed by atoms with Crippen molar-refractivity contribution in [1.82, 2.24) is 5.32 Å². The number of rotatable bonds is 5. The van der Waals surface area contributed by atoms with Crippen LogP contribution in [0.1, 0.15) is 24.8 Å². The molecular weight excluding hydrogens is 198 g/mol. The fraction of sp³-hybridized carbons (Fsp3) is 0.500. The van der Waals surface area contributed by atoms with Crippen molar-refractivity contribution in [1.29, 1.82) is 0 Å². The highest BCUT2D eigenvalue weighted by Crippen LogP contribution is 2.29. The first-order valence-corrected chi connectivity index (χ1v) is 6.10. The Bertz CT molecular complexity index is 323. The van der Waals surface area contributed by atoms with Gasteiger partial charge >= 0.3 is 0 Å². The van der Waals surface area contributed by atoms with Gasteiger partial charge in [0.25, 0.3) is 0 Å². The quantitative estimate of drug-likeness (QED) is 0.767. The minimum Gasteiger partial charge on any atom is -0.312 e. The molecule has 0 spiro atoms. The predicted octanol–water partition coefficient (Wildman–Crippen LogP) is 2.39. The molecule has 1 aromatic carbocycles. The Labute approximate surface area is 97.1 Å². The highest BCUT2D eigenvalue weighted by atomic mass is 16.1. The van der Waals surface area contributed by atoms with Crippen LogP contribution in [0, 0.1) is 11.8 Å². The SMILES string of the molecule is O=C[C@@H]1CCC[C@H]1CNCc1ccccc1. The first-order chi connectivity index (χ1) is 7.90. The van der Waals surface area contributed by atoms with Crippen molar-refractivity contribution in [2.75, 3.05) is 6.54 Å². The summed E-state index contributed by atoms with van der Waals surface area (Å²) in [6.45, 7) is 1.88. The maximum Gasteiger partial charge on any atom is 0.123 e. The summed E-state index contributed by atoms with van der Waals surface area (Å²) in [5.41, 5.74) is 1.31. The molecule has 1 aliphatic carbocycles. The second-order valence-corrected chi connectivity index (χ2v) is 4.61. The molecule has 1 saturated carbocycles. The number of aldehydes is 1. The van der Waals surface area contributed by atoms with Crippen LogP contribution in [0.25, 0.3) is 0 Å². The van der Waals surface area contributed by atoms with E-state index in [1.165, 1.54) is 18.4 Å². The lowest BCUT2D eigenvalue weighted by molar-refractivity contribution is -0.111. The van der Waals surface area contributed by atoms with Crippen LogP contribution in [0.2, 0.25) is 0 Å². The highest BCUT2D eigenvalue weighted by Gasteiger charge is 2.25. The summed E-state index contributed by atoms with van der Waals surface area (Å²) in [4.78, 5) is 10.8. The van der Waals surface area contributed by atoms with Gasteiger partial charge in [0.15, 0.2) is 0 Å². The second kappa shape index (κ2) is 5.80. The Morgan fingerprint density at radius 1 is 1.25 bits per heavy atom. The van der Waals surface area contributed by atoms with Crippen molar-refractivity contribution < 1.29 is 4.79 Å². The zero-order chi connectivity index (χ0) is 11.2. The number of hydrogen-bond acceptors (Lipinski definition) is 2. The number of benzene rings is 1. The zero-order valence-electron chi connectivity index (χ0n) is 9.56. The van der Waals surface area contributed by atoms with Crippen LogP contribution >= 0.6 is 0 Å². The molecule has 16 heavy (non-hydrogen) atoms. The monoisotopic (exact) mass is 217 g/mol. The van der Waals surface area contributed by atoms with Gasteiger partial charge in [-0.1, -0.05) is 36.8 Å².